The smallest absolute Gasteiger partial charge is 0.272 e. The Labute approximate surface area is 294 Å². The molecular weight excluding hydrogens is 694 g/mol. The van der Waals surface area contributed by atoms with E-state index in [-0.39, 0.29) is 11.6 Å². The fraction of sp³-hybridized carbons (Fsp3) is 0.0882. The molecule has 0 radical (unpaired) electrons. The molecule has 8 nitrogen and oxygen atoms in total. The van der Waals surface area contributed by atoms with Gasteiger partial charge in [0.1, 0.15) is 10.9 Å². The second-order valence-electron chi connectivity index (χ2n) is 9.71. The Morgan fingerprint density at radius 2 is 1.55 bits per heavy atom. The minimum atomic E-state index is -0.628. The SMILES string of the molecule is CCSc1nsc(NC(=O)C(Sc2cccc(NC(=O)/C(=C\c3c(Cl)cccc3Cl)NC(=O)c3ccccc3)c2)c2ccccc2)n1. The maximum absolute atomic E-state index is 13.7. The summed E-state index contributed by atoms with van der Waals surface area (Å²) in [5.41, 5.74) is 1.93. The summed E-state index contributed by atoms with van der Waals surface area (Å²) in [6.45, 7) is 2.01. The van der Waals surface area contributed by atoms with Gasteiger partial charge in [-0.05, 0) is 59.9 Å². The molecular formula is C34H27Cl2N5O3S3. The van der Waals surface area contributed by atoms with Crippen molar-refractivity contribution in [3.63, 3.8) is 0 Å². The second-order valence-corrected chi connectivity index (χ2v) is 13.7. The van der Waals surface area contributed by atoms with Gasteiger partial charge in [0.25, 0.3) is 11.8 Å². The number of carbonyl (C=O) groups excluding carboxylic acids is 3. The van der Waals surface area contributed by atoms with Crippen molar-refractivity contribution < 1.29 is 14.4 Å². The number of rotatable bonds is 12. The van der Waals surface area contributed by atoms with Crippen LogP contribution >= 0.6 is 58.3 Å². The Morgan fingerprint density at radius 3 is 2.26 bits per heavy atom. The third-order valence-corrected chi connectivity index (χ3v) is 9.80. The molecule has 0 bridgehead atoms. The van der Waals surface area contributed by atoms with Gasteiger partial charge in [-0.25, -0.2) is 0 Å². The summed E-state index contributed by atoms with van der Waals surface area (Å²) in [4.78, 5) is 45.4. The first kappa shape index (κ1) is 34.2. The molecule has 13 heteroatoms. The van der Waals surface area contributed by atoms with Crippen LogP contribution < -0.4 is 16.0 Å². The number of anilines is 2. The Balaban J connectivity index is 1.38. The lowest BCUT2D eigenvalue weighted by atomic mass is 10.1. The zero-order valence-electron chi connectivity index (χ0n) is 24.8. The van der Waals surface area contributed by atoms with Gasteiger partial charge in [0, 0.05) is 43.3 Å². The van der Waals surface area contributed by atoms with Crippen LogP contribution in [0.2, 0.25) is 10.0 Å². The molecule has 0 aliphatic carbocycles. The predicted molar refractivity (Wildman–Crippen MR) is 193 cm³/mol. The predicted octanol–water partition coefficient (Wildman–Crippen LogP) is 8.84. The van der Waals surface area contributed by atoms with Crippen molar-refractivity contribution in [1.82, 2.24) is 14.7 Å². The van der Waals surface area contributed by atoms with E-state index in [9.17, 15) is 14.4 Å². The van der Waals surface area contributed by atoms with Crippen molar-refractivity contribution in [3.8, 4) is 0 Å². The highest BCUT2D eigenvalue weighted by atomic mass is 35.5. The second kappa shape index (κ2) is 16.6. The van der Waals surface area contributed by atoms with Crippen molar-refractivity contribution in [1.29, 1.82) is 0 Å². The van der Waals surface area contributed by atoms with Gasteiger partial charge in [0.05, 0.1) is 0 Å². The van der Waals surface area contributed by atoms with Crippen molar-refractivity contribution in [2.75, 3.05) is 16.4 Å². The van der Waals surface area contributed by atoms with Crippen molar-refractivity contribution >= 4 is 92.9 Å². The van der Waals surface area contributed by atoms with Crippen LogP contribution in [-0.2, 0) is 9.59 Å². The van der Waals surface area contributed by atoms with Crippen LogP contribution in [0, 0.1) is 0 Å². The fourth-order valence-electron chi connectivity index (χ4n) is 4.24. The van der Waals surface area contributed by atoms with Crippen LogP contribution in [0.15, 0.2) is 119 Å². The van der Waals surface area contributed by atoms with Crippen LogP contribution in [0.3, 0.4) is 0 Å². The molecule has 0 aliphatic heterocycles. The first-order valence-corrected chi connectivity index (χ1v) is 17.6. The van der Waals surface area contributed by atoms with Crippen LogP contribution in [0.1, 0.15) is 33.7 Å². The summed E-state index contributed by atoms with van der Waals surface area (Å²) in [5, 5.41) is 9.48. The van der Waals surface area contributed by atoms with Crippen molar-refractivity contribution in [3.05, 3.63) is 136 Å². The number of aromatic nitrogens is 2. The van der Waals surface area contributed by atoms with Gasteiger partial charge >= 0.3 is 0 Å². The normalized spacial score (nSPS) is 11.9. The fourth-order valence-corrected chi connectivity index (χ4v) is 7.10. The number of halogens is 2. The van der Waals surface area contributed by atoms with Crippen LogP contribution in [0.25, 0.3) is 6.08 Å². The molecule has 0 saturated carbocycles. The lowest BCUT2D eigenvalue weighted by molar-refractivity contribution is -0.116. The summed E-state index contributed by atoms with van der Waals surface area (Å²) in [7, 11) is 0. The monoisotopic (exact) mass is 719 g/mol. The maximum Gasteiger partial charge on any atom is 0.272 e. The molecule has 4 aromatic carbocycles. The van der Waals surface area contributed by atoms with Gasteiger partial charge in [0.15, 0.2) is 0 Å². The largest absolute Gasteiger partial charge is 0.321 e. The van der Waals surface area contributed by atoms with Crippen molar-refractivity contribution in [2.45, 2.75) is 22.2 Å². The zero-order chi connectivity index (χ0) is 33.2. The molecule has 47 heavy (non-hydrogen) atoms. The van der Waals surface area contributed by atoms with Crippen LogP contribution in [-0.4, -0.2) is 32.8 Å². The summed E-state index contributed by atoms with van der Waals surface area (Å²) < 4.78 is 4.29. The number of benzene rings is 4. The number of nitrogens with one attached hydrogen (secondary N) is 3. The first-order valence-electron chi connectivity index (χ1n) is 14.2. The van der Waals surface area contributed by atoms with E-state index in [2.05, 4.69) is 25.3 Å². The number of nitrogens with zero attached hydrogens (tertiary/aromatic N) is 2. The highest BCUT2D eigenvalue weighted by Crippen LogP contribution is 2.37. The standard InChI is InChI=1S/C34H27Cl2N5O3S3/c1-2-45-34-40-33(47-41-34)39-32(44)29(21-11-5-3-6-12-21)46-24-16-9-15-23(19-24)37-31(43)28(20-25-26(35)17-10-18-27(25)36)38-30(42)22-13-7-4-8-14-22/h3-20,29H,2H2,1H3,(H,37,43)(H,38,42)(H,39,40,41,44)/b28-20+. The van der Waals surface area contributed by atoms with Gasteiger partial charge < -0.3 is 10.6 Å². The highest BCUT2D eigenvalue weighted by Gasteiger charge is 2.24. The average molecular weight is 721 g/mol. The van der Waals surface area contributed by atoms with Gasteiger partial charge in [-0.2, -0.15) is 9.36 Å². The van der Waals surface area contributed by atoms with E-state index in [1.165, 1.54) is 29.6 Å². The molecule has 0 saturated heterocycles. The Morgan fingerprint density at radius 1 is 0.872 bits per heavy atom. The van der Waals surface area contributed by atoms with E-state index in [1.54, 1.807) is 66.7 Å². The van der Waals surface area contributed by atoms with Crippen molar-refractivity contribution in [2.24, 2.45) is 0 Å². The molecule has 0 spiro atoms. The van der Waals surface area contributed by atoms with Crippen LogP contribution in [0.4, 0.5) is 10.8 Å². The van der Waals surface area contributed by atoms with Crippen LogP contribution in [0.5, 0.6) is 0 Å². The molecule has 0 fully saturated rings. The van der Waals surface area contributed by atoms with E-state index in [4.69, 9.17) is 23.2 Å². The molecule has 3 amide bonds. The first-order chi connectivity index (χ1) is 22.8. The molecule has 1 atom stereocenters. The highest BCUT2D eigenvalue weighted by molar-refractivity contribution is 8.00. The minimum absolute atomic E-state index is 0.0638. The summed E-state index contributed by atoms with van der Waals surface area (Å²) in [6.07, 6.45) is 1.44. The van der Waals surface area contributed by atoms with E-state index in [1.807, 2.05) is 43.3 Å². The lowest BCUT2D eigenvalue weighted by Gasteiger charge is -2.17. The summed E-state index contributed by atoms with van der Waals surface area (Å²) >= 11 is 16.7. The Hall–Kier alpha value is -4.13. The Kier molecular flexibility index (Phi) is 12.1. The van der Waals surface area contributed by atoms with E-state index >= 15 is 0 Å². The third-order valence-electron chi connectivity index (χ3n) is 6.41. The molecule has 5 aromatic rings. The molecule has 5 rings (SSSR count). The molecule has 0 aliphatic rings. The maximum atomic E-state index is 13.7. The third kappa shape index (κ3) is 9.46. The number of carbonyl (C=O) groups is 3. The van der Waals surface area contributed by atoms with Gasteiger partial charge in [-0.15, -0.1) is 11.8 Å². The molecule has 1 heterocycles. The molecule has 238 valence electrons. The van der Waals surface area contributed by atoms with Gasteiger partial charge in [-0.3, -0.25) is 19.7 Å². The summed E-state index contributed by atoms with van der Waals surface area (Å²) in [5.74, 6) is -0.511. The van der Waals surface area contributed by atoms with E-state index < -0.39 is 17.1 Å². The topological polar surface area (TPSA) is 113 Å². The minimum Gasteiger partial charge on any atom is -0.321 e. The van der Waals surface area contributed by atoms with Gasteiger partial charge in [-0.1, -0.05) is 103 Å². The van der Waals surface area contributed by atoms with E-state index in [0.717, 1.165) is 27.7 Å². The number of hydrogen-bond acceptors (Lipinski definition) is 8. The molecule has 1 aromatic heterocycles. The summed E-state index contributed by atoms with van der Waals surface area (Å²) in [6, 6.07) is 30.0. The number of thioether (sulfide) groups is 2. The number of hydrogen-bond donors (Lipinski definition) is 3. The van der Waals surface area contributed by atoms with Gasteiger partial charge in [0.2, 0.25) is 16.2 Å². The number of amides is 3. The molecule has 1 unspecified atom stereocenters. The van der Waals surface area contributed by atoms with E-state index in [0.29, 0.717) is 37.1 Å². The lowest BCUT2D eigenvalue weighted by Crippen LogP contribution is -2.30. The molecule has 3 N–H and O–H groups in total. The quantitative estimate of drug-likeness (QED) is 0.0872. The zero-order valence-corrected chi connectivity index (χ0v) is 28.7. The Bertz CT molecular complexity index is 1890. The average Bonchev–Trinajstić information content (AvgIpc) is 3.52.